The van der Waals surface area contributed by atoms with E-state index in [2.05, 4.69) is 26.0 Å². The number of sulfonamides is 2. The van der Waals surface area contributed by atoms with Gasteiger partial charge in [-0.05, 0) is 105 Å². The molecule has 0 aliphatic rings. The van der Waals surface area contributed by atoms with Crippen molar-refractivity contribution in [3.63, 3.8) is 0 Å². The molecule has 0 aliphatic heterocycles. The molecule has 1 amide bonds. The Kier molecular flexibility index (Phi) is 8.67. The zero-order valence-electron chi connectivity index (χ0n) is 22.1. The fourth-order valence-corrected chi connectivity index (χ4v) is 6.56. The van der Waals surface area contributed by atoms with Crippen LogP contribution in [0.2, 0.25) is 0 Å². The van der Waals surface area contributed by atoms with Gasteiger partial charge in [-0.1, -0.05) is 39.7 Å². The Morgan fingerprint density at radius 2 is 1.30 bits per heavy atom. The average molecular weight is 643 g/mol. The van der Waals surface area contributed by atoms with E-state index >= 15 is 0 Å². The van der Waals surface area contributed by atoms with Crippen LogP contribution in [0.15, 0.2) is 105 Å². The van der Waals surface area contributed by atoms with Gasteiger partial charge in [-0.2, -0.15) is 0 Å². The van der Waals surface area contributed by atoms with Crippen molar-refractivity contribution < 1.29 is 21.6 Å². The first-order valence-corrected chi connectivity index (χ1v) is 15.9. The van der Waals surface area contributed by atoms with E-state index in [1.165, 1.54) is 36.4 Å². The van der Waals surface area contributed by atoms with Crippen LogP contribution in [0.1, 0.15) is 16.7 Å². The number of rotatable bonds is 9. The van der Waals surface area contributed by atoms with Crippen molar-refractivity contribution in [2.45, 2.75) is 30.6 Å². The van der Waals surface area contributed by atoms with Crippen molar-refractivity contribution in [3.05, 3.63) is 112 Å². The minimum absolute atomic E-state index is 0.0159. The van der Waals surface area contributed by atoms with Gasteiger partial charge in [-0.3, -0.25) is 13.8 Å². The Balaban J connectivity index is 1.52. The molecule has 0 bridgehead atoms. The second-order valence-electron chi connectivity index (χ2n) is 9.28. The van der Waals surface area contributed by atoms with Crippen molar-refractivity contribution in [2.75, 3.05) is 20.9 Å². The largest absolute Gasteiger partial charge is 0.325 e. The van der Waals surface area contributed by atoms with Gasteiger partial charge < -0.3 is 5.32 Å². The summed E-state index contributed by atoms with van der Waals surface area (Å²) in [7, 11) is -7.92. The van der Waals surface area contributed by atoms with E-state index < -0.39 is 32.5 Å². The van der Waals surface area contributed by atoms with Gasteiger partial charge in [0.15, 0.2) is 0 Å². The first-order valence-electron chi connectivity index (χ1n) is 12.2. The summed E-state index contributed by atoms with van der Waals surface area (Å²) in [5.41, 5.74) is 3.99. The number of hydrogen-bond donors (Lipinski definition) is 2. The van der Waals surface area contributed by atoms with Crippen LogP contribution in [-0.4, -0.2) is 29.3 Å². The molecule has 2 N–H and O–H groups in total. The second-order valence-corrected chi connectivity index (χ2v) is 13.7. The Hall–Kier alpha value is -3.67. The third kappa shape index (κ3) is 6.90. The molecule has 208 valence electrons. The van der Waals surface area contributed by atoms with Crippen LogP contribution in [-0.2, 0) is 24.8 Å². The van der Waals surface area contributed by atoms with E-state index in [9.17, 15) is 21.6 Å². The van der Waals surface area contributed by atoms with Gasteiger partial charge >= 0.3 is 0 Å². The lowest BCUT2D eigenvalue weighted by Crippen LogP contribution is -2.38. The lowest BCUT2D eigenvalue weighted by Gasteiger charge is -2.24. The van der Waals surface area contributed by atoms with Crippen LogP contribution in [0.4, 0.5) is 17.1 Å². The van der Waals surface area contributed by atoms with Crippen LogP contribution in [0.25, 0.3) is 0 Å². The molecule has 40 heavy (non-hydrogen) atoms. The summed E-state index contributed by atoms with van der Waals surface area (Å²) in [6.45, 7) is 5.20. The minimum atomic E-state index is -4.06. The molecule has 0 atom stereocenters. The maximum absolute atomic E-state index is 13.5. The van der Waals surface area contributed by atoms with E-state index in [1.807, 2.05) is 26.8 Å². The molecule has 4 rings (SSSR count). The van der Waals surface area contributed by atoms with Gasteiger partial charge in [0.1, 0.15) is 6.54 Å². The average Bonchev–Trinajstić information content (AvgIpc) is 2.90. The van der Waals surface area contributed by atoms with Gasteiger partial charge in [-0.25, -0.2) is 16.8 Å². The number of carbonyl (C=O) groups excluding carboxylic acids is 1. The monoisotopic (exact) mass is 641 g/mol. The van der Waals surface area contributed by atoms with Crippen LogP contribution < -0.4 is 14.3 Å². The molecule has 8 nitrogen and oxygen atoms in total. The third-order valence-corrected chi connectivity index (χ3v) is 9.93. The third-order valence-electron chi connectivity index (χ3n) is 6.22. The number of nitrogens with zero attached hydrogens (tertiary/aromatic N) is 1. The summed E-state index contributed by atoms with van der Waals surface area (Å²) >= 11 is 3.34. The number of nitrogens with one attached hydrogen (secondary N) is 2. The number of hydrogen-bond acceptors (Lipinski definition) is 5. The molecule has 0 saturated carbocycles. The van der Waals surface area contributed by atoms with Gasteiger partial charge in [0.25, 0.3) is 20.0 Å². The van der Waals surface area contributed by atoms with Crippen molar-refractivity contribution >= 4 is 58.9 Å². The quantitative estimate of drug-likeness (QED) is 0.232. The first-order chi connectivity index (χ1) is 18.8. The van der Waals surface area contributed by atoms with Gasteiger partial charge in [0.2, 0.25) is 5.91 Å². The van der Waals surface area contributed by atoms with Crippen molar-refractivity contribution in [2.24, 2.45) is 0 Å². The summed E-state index contributed by atoms with van der Waals surface area (Å²) in [6.07, 6.45) is 0. The van der Waals surface area contributed by atoms with Crippen molar-refractivity contribution in [1.82, 2.24) is 0 Å². The highest BCUT2D eigenvalue weighted by Gasteiger charge is 2.27. The number of halogens is 1. The molecule has 0 saturated heterocycles. The van der Waals surface area contributed by atoms with Gasteiger partial charge in [-0.15, -0.1) is 0 Å². The van der Waals surface area contributed by atoms with Crippen LogP contribution in [0.5, 0.6) is 0 Å². The maximum atomic E-state index is 13.5. The van der Waals surface area contributed by atoms with E-state index in [0.29, 0.717) is 17.1 Å². The van der Waals surface area contributed by atoms with Crippen LogP contribution in [0.3, 0.4) is 0 Å². The summed E-state index contributed by atoms with van der Waals surface area (Å²) in [6, 6.07) is 23.9. The molecule has 0 heterocycles. The maximum Gasteiger partial charge on any atom is 0.264 e. The molecule has 0 unspecified atom stereocenters. The normalized spacial score (nSPS) is 11.6. The van der Waals surface area contributed by atoms with Gasteiger partial charge in [0, 0.05) is 15.8 Å². The smallest absolute Gasteiger partial charge is 0.264 e. The fourth-order valence-electron chi connectivity index (χ4n) is 3.83. The molecule has 11 heteroatoms. The lowest BCUT2D eigenvalue weighted by atomic mass is 10.1. The molecule has 4 aromatic carbocycles. The molecule has 0 spiro atoms. The van der Waals surface area contributed by atoms with Crippen LogP contribution in [0, 0.1) is 20.8 Å². The van der Waals surface area contributed by atoms with Crippen molar-refractivity contribution in [3.8, 4) is 0 Å². The van der Waals surface area contributed by atoms with E-state index in [-0.39, 0.29) is 9.79 Å². The van der Waals surface area contributed by atoms with E-state index in [4.69, 9.17) is 0 Å². The second kappa shape index (κ2) is 11.8. The van der Waals surface area contributed by atoms with E-state index in [1.54, 1.807) is 48.5 Å². The summed E-state index contributed by atoms with van der Waals surface area (Å²) in [5, 5.41) is 2.66. The molecule has 0 radical (unpaired) electrons. The minimum Gasteiger partial charge on any atom is -0.325 e. The molecule has 0 fully saturated rings. The zero-order chi connectivity index (χ0) is 29.1. The van der Waals surface area contributed by atoms with Crippen LogP contribution >= 0.6 is 15.9 Å². The Morgan fingerprint density at radius 1 is 0.725 bits per heavy atom. The van der Waals surface area contributed by atoms with Crippen molar-refractivity contribution in [1.29, 1.82) is 0 Å². The highest BCUT2D eigenvalue weighted by Crippen LogP contribution is 2.26. The number of carbonyl (C=O) groups is 1. The summed E-state index contributed by atoms with van der Waals surface area (Å²) in [4.78, 5) is 13.1. The standard InChI is InChI=1S/C29H28BrN3O5S2/c1-20-4-14-28(15-5-20)40(37,38)33(26-12-7-23(30)8-13-26)19-29(34)31-24-10-16-27(17-11-24)39(35,36)32-25-9-6-21(2)22(3)18-25/h4-18,32H,19H2,1-3H3,(H,31,34). The summed E-state index contributed by atoms with van der Waals surface area (Å²) < 4.78 is 57.1. The Bertz CT molecular complexity index is 1740. The Morgan fingerprint density at radius 3 is 1.90 bits per heavy atom. The number of anilines is 3. The zero-order valence-corrected chi connectivity index (χ0v) is 25.3. The fraction of sp³-hybridized carbons (Fsp3) is 0.138. The molecular weight excluding hydrogens is 614 g/mol. The molecular formula is C29H28BrN3O5S2. The summed E-state index contributed by atoms with van der Waals surface area (Å²) in [5.74, 6) is -0.595. The van der Waals surface area contributed by atoms with Gasteiger partial charge in [0.05, 0.1) is 15.5 Å². The highest BCUT2D eigenvalue weighted by molar-refractivity contribution is 9.10. The number of aryl methyl sites for hydroxylation is 3. The molecule has 0 aromatic heterocycles. The highest BCUT2D eigenvalue weighted by atomic mass is 79.9. The predicted molar refractivity (Wildman–Crippen MR) is 162 cm³/mol. The molecule has 4 aromatic rings. The van der Waals surface area contributed by atoms with E-state index in [0.717, 1.165) is 25.5 Å². The lowest BCUT2D eigenvalue weighted by molar-refractivity contribution is -0.114. The Labute approximate surface area is 243 Å². The SMILES string of the molecule is Cc1ccc(S(=O)(=O)N(CC(=O)Nc2ccc(S(=O)(=O)Nc3ccc(C)c(C)c3)cc2)c2ccc(Br)cc2)cc1. The topological polar surface area (TPSA) is 113 Å². The predicted octanol–water partition coefficient (Wildman–Crippen LogP) is 6.01. The molecule has 0 aliphatic carbocycles. The first kappa shape index (κ1) is 29.3. The number of benzene rings is 4. The number of amides is 1.